The van der Waals surface area contributed by atoms with Crippen LogP contribution in [0.4, 0.5) is 16.3 Å². The lowest BCUT2D eigenvalue weighted by atomic mass is 10.1. The molecule has 1 aliphatic rings. The predicted octanol–water partition coefficient (Wildman–Crippen LogP) is 3.28. The van der Waals surface area contributed by atoms with E-state index in [4.69, 9.17) is 21.1 Å². The number of hydrogen-bond donors (Lipinski definition) is 1. The number of anilines is 2. The van der Waals surface area contributed by atoms with Crippen LogP contribution in [0.3, 0.4) is 0 Å². The Bertz CT molecular complexity index is 833. The summed E-state index contributed by atoms with van der Waals surface area (Å²) in [5.41, 5.74) is 0.534. The first-order chi connectivity index (χ1) is 13.5. The van der Waals surface area contributed by atoms with Gasteiger partial charge in [0.25, 0.3) is 5.88 Å². The average molecular weight is 406 g/mol. The van der Waals surface area contributed by atoms with Crippen LogP contribution in [-0.4, -0.2) is 61.3 Å². The van der Waals surface area contributed by atoms with Crippen LogP contribution in [0, 0.1) is 0 Å². The highest BCUT2D eigenvalue weighted by molar-refractivity contribution is 6.31. The zero-order valence-corrected chi connectivity index (χ0v) is 16.9. The molecule has 1 fully saturated rings. The maximum absolute atomic E-state index is 12.7. The third-order valence-electron chi connectivity index (χ3n) is 4.42. The number of methoxy groups -OCH3 is 1. The second-order valence-corrected chi connectivity index (χ2v) is 7.12. The number of carbonyl (C=O) groups excluding carboxylic acids is 1. The number of urea groups is 1. The van der Waals surface area contributed by atoms with Gasteiger partial charge in [0.2, 0.25) is 0 Å². The van der Waals surface area contributed by atoms with Crippen LogP contribution in [0.15, 0.2) is 30.6 Å². The third kappa shape index (κ3) is 4.75. The molecule has 1 saturated heterocycles. The van der Waals surface area contributed by atoms with E-state index in [1.165, 1.54) is 0 Å². The summed E-state index contributed by atoms with van der Waals surface area (Å²) in [5.74, 6) is 1.68. The lowest BCUT2D eigenvalue weighted by Crippen LogP contribution is -2.46. The summed E-state index contributed by atoms with van der Waals surface area (Å²) < 4.78 is 11.3. The van der Waals surface area contributed by atoms with Crippen molar-refractivity contribution in [3.05, 3.63) is 35.6 Å². The van der Waals surface area contributed by atoms with Crippen molar-refractivity contribution in [3.8, 4) is 11.6 Å². The normalized spacial score (nSPS) is 16.4. The van der Waals surface area contributed by atoms with Crippen molar-refractivity contribution in [2.24, 2.45) is 0 Å². The summed E-state index contributed by atoms with van der Waals surface area (Å²) in [7, 11) is 5.32. The van der Waals surface area contributed by atoms with Crippen molar-refractivity contribution in [2.75, 3.05) is 44.5 Å². The molecule has 2 aromatic rings. The molecule has 3 rings (SSSR count). The average Bonchev–Trinajstić information content (AvgIpc) is 2.68. The molecule has 1 aliphatic heterocycles. The van der Waals surface area contributed by atoms with Gasteiger partial charge >= 0.3 is 6.03 Å². The first kappa shape index (κ1) is 20.0. The summed E-state index contributed by atoms with van der Waals surface area (Å²) in [5, 5.41) is 3.39. The molecule has 1 N–H and O–H groups in total. The van der Waals surface area contributed by atoms with E-state index in [1.807, 2.05) is 19.0 Å². The largest absolute Gasteiger partial charge is 0.495 e. The summed E-state index contributed by atoms with van der Waals surface area (Å²) in [6.45, 7) is 1.10. The van der Waals surface area contributed by atoms with Crippen molar-refractivity contribution in [2.45, 2.75) is 18.9 Å². The van der Waals surface area contributed by atoms with E-state index in [2.05, 4.69) is 15.3 Å². The van der Waals surface area contributed by atoms with Crippen molar-refractivity contribution in [1.82, 2.24) is 14.9 Å². The van der Waals surface area contributed by atoms with Crippen LogP contribution >= 0.6 is 11.6 Å². The standard InChI is InChI=1S/C19H24ClN5O3/c1-24(2)17-18(22-9-8-21-17)28-14-5-4-10-25(12-14)19(26)23-15-11-13(20)6-7-16(15)27-3/h6-9,11,14H,4-5,10,12H2,1-3H3,(H,23,26). The molecule has 1 aromatic heterocycles. The number of halogens is 1. The Morgan fingerprint density at radius 3 is 2.86 bits per heavy atom. The molecule has 2 amide bonds. The Morgan fingerprint density at radius 1 is 1.32 bits per heavy atom. The van der Waals surface area contributed by atoms with Crippen molar-refractivity contribution in [1.29, 1.82) is 0 Å². The summed E-state index contributed by atoms with van der Waals surface area (Å²) in [6, 6.07) is 4.88. The highest BCUT2D eigenvalue weighted by Gasteiger charge is 2.27. The quantitative estimate of drug-likeness (QED) is 0.822. The first-order valence-electron chi connectivity index (χ1n) is 9.02. The Morgan fingerprint density at radius 2 is 2.11 bits per heavy atom. The fraction of sp³-hybridized carbons (Fsp3) is 0.421. The van der Waals surface area contributed by atoms with Gasteiger partial charge < -0.3 is 24.6 Å². The minimum atomic E-state index is -0.221. The number of likely N-dealkylation sites (tertiary alicyclic amines) is 1. The van der Waals surface area contributed by atoms with Crippen molar-refractivity contribution < 1.29 is 14.3 Å². The topological polar surface area (TPSA) is 79.8 Å². The van der Waals surface area contributed by atoms with Gasteiger partial charge in [0.1, 0.15) is 11.9 Å². The van der Waals surface area contributed by atoms with Crippen LogP contribution in [-0.2, 0) is 0 Å². The number of carbonyl (C=O) groups is 1. The van der Waals surface area contributed by atoms with E-state index in [9.17, 15) is 4.79 Å². The highest BCUT2D eigenvalue weighted by Crippen LogP contribution is 2.29. The first-order valence-corrected chi connectivity index (χ1v) is 9.40. The van der Waals surface area contributed by atoms with E-state index in [1.54, 1.807) is 42.6 Å². The molecule has 28 heavy (non-hydrogen) atoms. The molecule has 2 heterocycles. The fourth-order valence-electron chi connectivity index (χ4n) is 3.06. The maximum atomic E-state index is 12.7. The molecule has 1 atom stereocenters. The van der Waals surface area contributed by atoms with Gasteiger partial charge in [-0.3, -0.25) is 0 Å². The number of benzene rings is 1. The second-order valence-electron chi connectivity index (χ2n) is 6.68. The van der Waals surface area contributed by atoms with Gasteiger partial charge in [-0.15, -0.1) is 0 Å². The Kier molecular flexibility index (Phi) is 6.41. The number of ether oxygens (including phenoxy) is 2. The molecule has 0 bridgehead atoms. The van der Waals surface area contributed by atoms with Crippen LogP contribution in [0.25, 0.3) is 0 Å². The van der Waals surface area contributed by atoms with Gasteiger partial charge in [0, 0.05) is 38.1 Å². The van der Waals surface area contributed by atoms with Crippen molar-refractivity contribution >= 4 is 29.1 Å². The molecule has 0 radical (unpaired) electrons. The van der Waals surface area contributed by atoms with Crippen molar-refractivity contribution in [3.63, 3.8) is 0 Å². The van der Waals surface area contributed by atoms with Crippen LogP contribution < -0.4 is 19.7 Å². The number of amides is 2. The maximum Gasteiger partial charge on any atom is 0.322 e. The minimum absolute atomic E-state index is 0.156. The number of aromatic nitrogens is 2. The van der Waals surface area contributed by atoms with E-state index in [-0.39, 0.29) is 12.1 Å². The van der Waals surface area contributed by atoms with E-state index < -0.39 is 0 Å². The van der Waals surface area contributed by atoms with Crippen LogP contribution in [0.2, 0.25) is 5.02 Å². The minimum Gasteiger partial charge on any atom is -0.495 e. The summed E-state index contributed by atoms with van der Waals surface area (Å²) in [4.78, 5) is 24.9. The Hall–Kier alpha value is -2.74. The molecular formula is C19H24ClN5O3. The summed E-state index contributed by atoms with van der Waals surface area (Å²) >= 11 is 6.04. The van der Waals surface area contributed by atoms with E-state index >= 15 is 0 Å². The van der Waals surface area contributed by atoms with Crippen LogP contribution in [0.5, 0.6) is 11.6 Å². The molecule has 0 aliphatic carbocycles. The van der Waals surface area contributed by atoms with Gasteiger partial charge in [-0.2, -0.15) is 0 Å². The third-order valence-corrected chi connectivity index (χ3v) is 4.65. The zero-order chi connectivity index (χ0) is 20.1. The molecule has 1 unspecified atom stereocenters. The number of nitrogens with one attached hydrogen (secondary N) is 1. The van der Waals surface area contributed by atoms with Gasteiger partial charge in [0.05, 0.1) is 19.3 Å². The Balaban J connectivity index is 1.67. The van der Waals surface area contributed by atoms with Gasteiger partial charge in [-0.1, -0.05) is 11.6 Å². The monoisotopic (exact) mass is 405 g/mol. The Labute approximate surface area is 169 Å². The molecule has 150 valence electrons. The van der Waals surface area contributed by atoms with Gasteiger partial charge in [0.15, 0.2) is 5.82 Å². The molecule has 1 aromatic carbocycles. The predicted molar refractivity (Wildman–Crippen MR) is 109 cm³/mol. The zero-order valence-electron chi connectivity index (χ0n) is 16.2. The highest BCUT2D eigenvalue weighted by atomic mass is 35.5. The molecular weight excluding hydrogens is 382 g/mol. The van der Waals surface area contributed by atoms with Gasteiger partial charge in [-0.25, -0.2) is 14.8 Å². The van der Waals surface area contributed by atoms with Crippen LogP contribution in [0.1, 0.15) is 12.8 Å². The fourth-order valence-corrected chi connectivity index (χ4v) is 3.23. The number of rotatable bonds is 5. The second kappa shape index (κ2) is 8.97. The molecule has 8 nitrogen and oxygen atoms in total. The smallest absolute Gasteiger partial charge is 0.322 e. The number of piperidine rings is 1. The van der Waals surface area contributed by atoms with E-state index in [0.717, 1.165) is 12.8 Å². The van der Waals surface area contributed by atoms with E-state index in [0.29, 0.717) is 41.2 Å². The van der Waals surface area contributed by atoms with Gasteiger partial charge in [-0.05, 0) is 31.0 Å². The molecule has 0 saturated carbocycles. The molecule has 9 heteroatoms. The summed E-state index contributed by atoms with van der Waals surface area (Å²) in [6.07, 6.45) is 4.74. The molecule has 0 spiro atoms. The number of hydrogen-bond acceptors (Lipinski definition) is 6. The lowest BCUT2D eigenvalue weighted by molar-refractivity contribution is 0.103. The SMILES string of the molecule is COc1ccc(Cl)cc1NC(=O)N1CCCC(Oc2nccnc2N(C)C)C1. The number of nitrogens with zero attached hydrogens (tertiary/aromatic N) is 4. The lowest BCUT2D eigenvalue weighted by Gasteiger charge is -2.33.